The van der Waals surface area contributed by atoms with Crippen LogP contribution in [0.1, 0.15) is 58.1 Å². The quantitative estimate of drug-likeness (QED) is 0.747. The number of ether oxygens (including phenoxy) is 3. The van der Waals surface area contributed by atoms with Crippen molar-refractivity contribution in [1.82, 2.24) is 5.32 Å². The SMILES string of the molecule is Cc1cc(=O)oc2c3c(cc(OCC(=O)N[C@H]4CCOC(C)(C)C4)c12)OC(C)(C)CC3. The molecule has 0 aliphatic carbocycles. The molecule has 168 valence electrons. The number of rotatable bonds is 4. The third-order valence-electron chi connectivity index (χ3n) is 6.02. The van der Waals surface area contributed by atoms with E-state index in [-0.39, 0.29) is 29.8 Å². The molecule has 2 aliphatic rings. The fraction of sp³-hybridized carbons (Fsp3) is 0.583. The number of benzene rings is 1. The Balaban J connectivity index is 1.59. The van der Waals surface area contributed by atoms with Gasteiger partial charge < -0.3 is 23.9 Å². The molecule has 7 heteroatoms. The number of hydrogen-bond donors (Lipinski definition) is 1. The largest absolute Gasteiger partial charge is 0.487 e. The van der Waals surface area contributed by atoms with Crippen molar-refractivity contribution in [3.8, 4) is 11.5 Å². The zero-order valence-corrected chi connectivity index (χ0v) is 18.9. The number of aryl methyl sites for hydroxylation is 2. The van der Waals surface area contributed by atoms with Crippen LogP contribution in [0.15, 0.2) is 21.3 Å². The highest BCUT2D eigenvalue weighted by molar-refractivity contribution is 5.91. The first kappa shape index (κ1) is 21.7. The summed E-state index contributed by atoms with van der Waals surface area (Å²) in [5.74, 6) is 0.930. The highest BCUT2D eigenvalue weighted by Gasteiger charge is 2.31. The van der Waals surface area contributed by atoms with E-state index in [1.807, 2.05) is 40.7 Å². The van der Waals surface area contributed by atoms with Crippen LogP contribution in [0, 0.1) is 6.92 Å². The lowest BCUT2D eigenvalue weighted by molar-refractivity contribution is -0.126. The van der Waals surface area contributed by atoms with Crippen LogP contribution in [0.2, 0.25) is 0 Å². The van der Waals surface area contributed by atoms with Crippen molar-refractivity contribution in [2.75, 3.05) is 13.2 Å². The average Bonchev–Trinajstić information content (AvgIpc) is 2.63. The van der Waals surface area contributed by atoms with Gasteiger partial charge in [-0.1, -0.05) is 0 Å². The summed E-state index contributed by atoms with van der Waals surface area (Å²) in [5, 5.41) is 3.75. The van der Waals surface area contributed by atoms with Crippen LogP contribution in [-0.4, -0.2) is 36.4 Å². The van der Waals surface area contributed by atoms with E-state index in [1.54, 1.807) is 0 Å². The number of nitrogens with one attached hydrogen (secondary N) is 1. The highest BCUT2D eigenvalue weighted by atomic mass is 16.5. The molecule has 1 fully saturated rings. The van der Waals surface area contributed by atoms with Gasteiger partial charge in [0.25, 0.3) is 5.91 Å². The Bertz CT molecular complexity index is 1070. The number of carbonyl (C=O) groups excluding carboxylic acids is 1. The third-order valence-corrected chi connectivity index (χ3v) is 6.02. The van der Waals surface area contributed by atoms with Crippen LogP contribution >= 0.6 is 0 Å². The molecule has 1 atom stereocenters. The Kier molecular flexibility index (Phi) is 5.50. The van der Waals surface area contributed by atoms with Gasteiger partial charge in [0.05, 0.1) is 11.0 Å². The topological polar surface area (TPSA) is 87.0 Å². The predicted molar refractivity (Wildman–Crippen MR) is 117 cm³/mol. The summed E-state index contributed by atoms with van der Waals surface area (Å²) in [6.07, 6.45) is 3.10. The maximum atomic E-state index is 12.6. The molecule has 1 N–H and O–H groups in total. The normalized spacial score (nSPS) is 21.8. The van der Waals surface area contributed by atoms with Gasteiger partial charge in [0.1, 0.15) is 22.7 Å². The smallest absolute Gasteiger partial charge is 0.336 e. The van der Waals surface area contributed by atoms with Crippen LogP contribution in [-0.2, 0) is 16.0 Å². The Hall–Kier alpha value is -2.54. The van der Waals surface area contributed by atoms with Crippen molar-refractivity contribution in [2.45, 2.75) is 77.5 Å². The molecule has 1 aromatic heterocycles. The molecular formula is C24H31NO6. The summed E-state index contributed by atoms with van der Waals surface area (Å²) in [6, 6.07) is 3.32. The Morgan fingerprint density at radius 1 is 1.23 bits per heavy atom. The van der Waals surface area contributed by atoms with Crippen molar-refractivity contribution in [1.29, 1.82) is 0 Å². The second-order valence-corrected chi connectivity index (χ2v) is 9.82. The van der Waals surface area contributed by atoms with Crippen LogP contribution < -0.4 is 20.4 Å². The third kappa shape index (κ3) is 4.71. The predicted octanol–water partition coefficient (Wildman–Crippen LogP) is 3.66. The molecule has 0 saturated carbocycles. The van der Waals surface area contributed by atoms with Gasteiger partial charge in [0, 0.05) is 30.3 Å². The van der Waals surface area contributed by atoms with E-state index in [2.05, 4.69) is 5.32 Å². The Morgan fingerprint density at radius 2 is 2.00 bits per heavy atom. The summed E-state index contributed by atoms with van der Waals surface area (Å²) >= 11 is 0. The van der Waals surface area contributed by atoms with Gasteiger partial charge in [-0.25, -0.2) is 4.79 Å². The maximum absolute atomic E-state index is 12.6. The lowest BCUT2D eigenvalue weighted by Crippen LogP contribution is -2.47. The summed E-state index contributed by atoms with van der Waals surface area (Å²) in [7, 11) is 0. The minimum Gasteiger partial charge on any atom is -0.487 e. The average molecular weight is 430 g/mol. The van der Waals surface area contributed by atoms with Gasteiger partial charge in [0.2, 0.25) is 0 Å². The zero-order valence-electron chi connectivity index (χ0n) is 18.9. The lowest BCUT2D eigenvalue weighted by Gasteiger charge is -2.35. The molecule has 3 heterocycles. The van der Waals surface area contributed by atoms with Crippen LogP contribution in [0.5, 0.6) is 11.5 Å². The summed E-state index contributed by atoms with van der Waals surface area (Å²) < 4.78 is 23.4. The zero-order chi connectivity index (χ0) is 22.4. The number of amides is 1. The van der Waals surface area contributed by atoms with Crippen molar-refractivity contribution in [3.05, 3.63) is 33.7 Å². The summed E-state index contributed by atoms with van der Waals surface area (Å²) in [5.41, 5.74) is 1.13. The fourth-order valence-electron chi connectivity index (χ4n) is 4.50. The minimum atomic E-state index is -0.408. The fourth-order valence-corrected chi connectivity index (χ4v) is 4.50. The van der Waals surface area contributed by atoms with E-state index in [1.165, 1.54) is 6.07 Å². The standard InChI is InChI=1S/C24H31NO6/c1-14-10-20(27)30-22-16-6-8-23(2,3)31-17(16)11-18(21(14)22)28-13-19(26)25-15-7-9-29-24(4,5)12-15/h10-11,15H,6-9,12-13H2,1-5H3,(H,25,26)/t15-/m0/s1. The summed E-state index contributed by atoms with van der Waals surface area (Å²) in [4.78, 5) is 24.6. The van der Waals surface area contributed by atoms with Crippen molar-refractivity contribution < 1.29 is 23.4 Å². The molecule has 1 saturated heterocycles. The first-order valence-corrected chi connectivity index (χ1v) is 10.9. The molecule has 0 unspecified atom stereocenters. The number of hydrogen-bond acceptors (Lipinski definition) is 6. The Labute approximate surface area is 182 Å². The van der Waals surface area contributed by atoms with Crippen LogP contribution in [0.25, 0.3) is 11.0 Å². The van der Waals surface area contributed by atoms with Gasteiger partial charge in [0.15, 0.2) is 6.61 Å². The number of fused-ring (bicyclic) bond motifs is 3. The minimum absolute atomic E-state index is 0.0593. The van der Waals surface area contributed by atoms with Gasteiger partial charge in [-0.15, -0.1) is 0 Å². The maximum Gasteiger partial charge on any atom is 0.336 e. The van der Waals surface area contributed by atoms with Crippen LogP contribution in [0.3, 0.4) is 0 Å². The van der Waals surface area contributed by atoms with Gasteiger partial charge >= 0.3 is 5.63 Å². The van der Waals surface area contributed by atoms with Crippen molar-refractivity contribution in [3.63, 3.8) is 0 Å². The molecule has 4 rings (SSSR count). The molecule has 2 aromatic rings. The first-order chi connectivity index (χ1) is 14.5. The van der Waals surface area contributed by atoms with Gasteiger partial charge in [-0.3, -0.25) is 4.79 Å². The molecule has 31 heavy (non-hydrogen) atoms. The first-order valence-electron chi connectivity index (χ1n) is 10.9. The van der Waals surface area contributed by atoms with E-state index in [9.17, 15) is 9.59 Å². The second-order valence-electron chi connectivity index (χ2n) is 9.82. The molecule has 2 aliphatic heterocycles. The highest BCUT2D eigenvalue weighted by Crippen LogP contribution is 2.42. The molecule has 1 aromatic carbocycles. The van der Waals surface area contributed by atoms with Gasteiger partial charge in [-0.2, -0.15) is 0 Å². The monoisotopic (exact) mass is 429 g/mol. The Morgan fingerprint density at radius 3 is 2.74 bits per heavy atom. The van der Waals surface area contributed by atoms with E-state index in [0.29, 0.717) is 29.1 Å². The van der Waals surface area contributed by atoms with E-state index in [0.717, 1.165) is 36.8 Å². The van der Waals surface area contributed by atoms with Crippen molar-refractivity contribution >= 4 is 16.9 Å². The van der Waals surface area contributed by atoms with Gasteiger partial charge in [-0.05, 0) is 65.9 Å². The second kappa shape index (κ2) is 7.86. The summed E-state index contributed by atoms with van der Waals surface area (Å²) in [6.45, 7) is 10.4. The van der Waals surface area contributed by atoms with Crippen molar-refractivity contribution in [2.24, 2.45) is 0 Å². The van der Waals surface area contributed by atoms with Crippen LogP contribution in [0.4, 0.5) is 0 Å². The number of carbonyl (C=O) groups is 1. The molecule has 0 bridgehead atoms. The molecule has 7 nitrogen and oxygen atoms in total. The molecule has 0 radical (unpaired) electrons. The lowest BCUT2D eigenvalue weighted by atomic mass is 9.92. The van der Waals surface area contributed by atoms with E-state index < -0.39 is 5.63 Å². The van der Waals surface area contributed by atoms with E-state index >= 15 is 0 Å². The molecular weight excluding hydrogens is 398 g/mol. The molecule has 0 spiro atoms. The molecule has 1 amide bonds. The van der Waals surface area contributed by atoms with E-state index in [4.69, 9.17) is 18.6 Å².